The Balaban J connectivity index is 1.71. The first-order chi connectivity index (χ1) is 12.3. The predicted molar refractivity (Wildman–Crippen MR) is 101 cm³/mol. The van der Waals surface area contributed by atoms with Gasteiger partial charge in [-0.1, -0.05) is 19.1 Å². The number of rotatable bonds is 5. The number of hydrogen-bond donors (Lipinski definition) is 0. The van der Waals surface area contributed by atoms with Crippen molar-refractivity contribution in [3.8, 4) is 0 Å². The number of sulfone groups is 1. The molecule has 0 aromatic heterocycles. The van der Waals surface area contributed by atoms with Crippen molar-refractivity contribution in [2.45, 2.75) is 39.2 Å². The molecule has 0 bridgehead atoms. The number of aryl methyl sites for hydroxylation is 1. The molecule has 6 nitrogen and oxygen atoms in total. The zero-order valence-electron chi connectivity index (χ0n) is 15.3. The van der Waals surface area contributed by atoms with Gasteiger partial charge in [-0.25, -0.2) is 8.42 Å². The standard InChI is InChI=1S/C19H26N2O4S/c1-3-14-5-7-16(8-6-14)21-12-15(11-18(21)22)19(23)20(4-2)17-9-10-26(24,25)13-17/h5-8,15,17H,3-4,9-13H2,1-2H3. The molecule has 7 heteroatoms. The first kappa shape index (κ1) is 18.9. The van der Waals surface area contributed by atoms with E-state index in [-0.39, 0.29) is 35.8 Å². The summed E-state index contributed by atoms with van der Waals surface area (Å²) < 4.78 is 23.5. The Morgan fingerprint density at radius 2 is 1.92 bits per heavy atom. The van der Waals surface area contributed by atoms with E-state index in [0.717, 1.165) is 12.1 Å². The van der Waals surface area contributed by atoms with E-state index in [4.69, 9.17) is 0 Å². The van der Waals surface area contributed by atoms with E-state index in [0.29, 0.717) is 19.5 Å². The van der Waals surface area contributed by atoms with Crippen LogP contribution < -0.4 is 4.90 Å². The molecule has 2 atom stereocenters. The molecule has 2 heterocycles. The Morgan fingerprint density at radius 1 is 1.23 bits per heavy atom. The first-order valence-corrected chi connectivity index (χ1v) is 11.1. The Bertz CT molecular complexity index is 788. The van der Waals surface area contributed by atoms with Gasteiger partial charge in [0.2, 0.25) is 11.8 Å². The number of carbonyl (C=O) groups is 2. The monoisotopic (exact) mass is 378 g/mol. The van der Waals surface area contributed by atoms with Crippen molar-refractivity contribution in [3.05, 3.63) is 29.8 Å². The molecule has 2 fully saturated rings. The average molecular weight is 378 g/mol. The summed E-state index contributed by atoms with van der Waals surface area (Å²) in [6.45, 7) is 4.77. The highest BCUT2D eigenvalue weighted by Crippen LogP contribution is 2.28. The van der Waals surface area contributed by atoms with Crippen LogP contribution in [0.2, 0.25) is 0 Å². The van der Waals surface area contributed by atoms with E-state index in [2.05, 4.69) is 6.92 Å². The van der Waals surface area contributed by atoms with Gasteiger partial charge in [-0.2, -0.15) is 0 Å². The van der Waals surface area contributed by atoms with Crippen LogP contribution in [0.1, 0.15) is 32.3 Å². The summed E-state index contributed by atoms with van der Waals surface area (Å²) in [5.74, 6) is -0.383. The third kappa shape index (κ3) is 3.77. The van der Waals surface area contributed by atoms with Gasteiger partial charge in [0.15, 0.2) is 9.84 Å². The van der Waals surface area contributed by atoms with E-state index >= 15 is 0 Å². The molecule has 0 spiro atoms. The Kier molecular flexibility index (Phi) is 5.37. The summed E-state index contributed by atoms with van der Waals surface area (Å²) in [5, 5.41) is 0. The van der Waals surface area contributed by atoms with E-state index in [1.807, 2.05) is 31.2 Å². The van der Waals surface area contributed by atoms with Gasteiger partial charge in [-0.15, -0.1) is 0 Å². The molecule has 2 unspecified atom stereocenters. The maximum Gasteiger partial charge on any atom is 0.228 e. The molecule has 1 aromatic carbocycles. The fourth-order valence-corrected chi connectivity index (χ4v) is 5.61. The molecular formula is C19H26N2O4S. The zero-order chi connectivity index (χ0) is 18.9. The highest BCUT2D eigenvalue weighted by molar-refractivity contribution is 7.91. The number of benzene rings is 1. The van der Waals surface area contributed by atoms with E-state index in [1.165, 1.54) is 5.56 Å². The maximum absolute atomic E-state index is 12.9. The number of carbonyl (C=O) groups excluding carboxylic acids is 2. The van der Waals surface area contributed by atoms with Gasteiger partial charge in [0.05, 0.1) is 17.4 Å². The van der Waals surface area contributed by atoms with Crippen molar-refractivity contribution in [3.63, 3.8) is 0 Å². The van der Waals surface area contributed by atoms with Gasteiger partial charge in [-0.3, -0.25) is 9.59 Å². The largest absolute Gasteiger partial charge is 0.339 e. The van der Waals surface area contributed by atoms with Crippen LogP contribution in [-0.4, -0.2) is 55.8 Å². The van der Waals surface area contributed by atoms with Crippen LogP contribution in [0.5, 0.6) is 0 Å². The molecule has 2 saturated heterocycles. The predicted octanol–water partition coefficient (Wildman–Crippen LogP) is 1.64. The summed E-state index contributed by atoms with van der Waals surface area (Å²) in [6.07, 6.45) is 1.61. The molecule has 1 aromatic rings. The van der Waals surface area contributed by atoms with Crippen molar-refractivity contribution >= 4 is 27.3 Å². The molecule has 0 radical (unpaired) electrons. The maximum atomic E-state index is 12.9. The highest BCUT2D eigenvalue weighted by Gasteiger charge is 2.41. The van der Waals surface area contributed by atoms with Gasteiger partial charge in [0, 0.05) is 31.2 Å². The normalized spacial score (nSPS) is 24.8. The van der Waals surface area contributed by atoms with Crippen molar-refractivity contribution in [2.24, 2.45) is 5.92 Å². The Hall–Kier alpha value is -1.89. The number of amides is 2. The Labute approximate surface area is 155 Å². The zero-order valence-corrected chi connectivity index (χ0v) is 16.2. The second-order valence-corrected chi connectivity index (χ2v) is 9.34. The van der Waals surface area contributed by atoms with Crippen LogP contribution in [0, 0.1) is 5.92 Å². The molecule has 2 aliphatic heterocycles. The van der Waals surface area contributed by atoms with E-state index in [9.17, 15) is 18.0 Å². The van der Waals surface area contributed by atoms with Crippen LogP contribution >= 0.6 is 0 Å². The molecule has 3 rings (SSSR count). The summed E-state index contributed by atoms with van der Waals surface area (Å²) in [5.41, 5.74) is 2.02. The molecule has 2 aliphatic rings. The third-order valence-corrected chi connectivity index (χ3v) is 7.15. The molecule has 2 amide bonds. The van der Waals surface area contributed by atoms with Crippen LogP contribution in [0.4, 0.5) is 5.69 Å². The molecule has 0 N–H and O–H groups in total. The van der Waals surface area contributed by atoms with E-state index < -0.39 is 15.8 Å². The topological polar surface area (TPSA) is 74.8 Å². The summed E-state index contributed by atoms with van der Waals surface area (Å²) >= 11 is 0. The molecular weight excluding hydrogens is 352 g/mol. The van der Waals surface area contributed by atoms with Crippen molar-refractivity contribution in [1.29, 1.82) is 0 Å². The molecule has 0 aliphatic carbocycles. The summed E-state index contributed by atoms with van der Waals surface area (Å²) in [7, 11) is -3.05. The SMILES string of the molecule is CCc1ccc(N2CC(C(=O)N(CC)C3CCS(=O)(=O)C3)CC2=O)cc1. The lowest BCUT2D eigenvalue weighted by atomic mass is 10.1. The van der Waals surface area contributed by atoms with E-state index in [1.54, 1.807) is 9.80 Å². The van der Waals surface area contributed by atoms with Crippen LogP contribution in [-0.2, 0) is 25.8 Å². The lowest BCUT2D eigenvalue weighted by molar-refractivity contribution is -0.137. The van der Waals surface area contributed by atoms with Crippen LogP contribution in [0.3, 0.4) is 0 Å². The van der Waals surface area contributed by atoms with Crippen molar-refractivity contribution < 1.29 is 18.0 Å². The quantitative estimate of drug-likeness (QED) is 0.781. The van der Waals surface area contributed by atoms with Gasteiger partial charge in [-0.05, 0) is 37.5 Å². The van der Waals surface area contributed by atoms with Crippen LogP contribution in [0.15, 0.2) is 24.3 Å². The number of hydrogen-bond acceptors (Lipinski definition) is 4. The minimum atomic E-state index is -3.05. The van der Waals surface area contributed by atoms with Crippen molar-refractivity contribution in [2.75, 3.05) is 29.5 Å². The third-order valence-electron chi connectivity index (χ3n) is 5.40. The molecule has 142 valence electrons. The minimum Gasteiger partial charge on any atom is -0.339 e. The first-order valence-electron chi connectivity index (χ1n) is 9.24. The summed E-state index contributed by atoms with van der Waals surface area (Å²) in [6, 6.07) is 7.58. The van der Waals surface area contributed by atoms with Gasteiger partial charge in [0.25, 0.3) is 0 Å². The van der Waals surface area contributed by atoms with Crippen molar-refractivity contribution in [1.82, 2.24) is 4.90 Å². The fraction of sp³-hybridized carbons (Fsp3) is 0.579. The smallest absolute Gasteiger partial charge is 0.228 e. The van der Waals surface area contributed by atoms with Gasteiger partial charge in [0.1, 0.15) is 0 Å². The number of anilines is 1. The lowest BCUT2D eigenvalue weighted by Gasteiger charge is -2.29. The minimum absolute atomic E-state index is 0.0371. The van der Waals surface area contributed by atoms with Gasteiger partial charge < -0.3 is 9.80 Å². The molecule has 0 saturated carbocycles. The van der Waals surface area contributed by atoms with Crippen LogP contribution in [0.25, 0.3) is 0 Å². The second kappa shape index (κ2) is 7.39. The second-order valence-electron chi connectivity index (χ2n) is 7.11. The van der Waals surface area contributed by atoms with Gasteiger partial charge >= 0.3 is 0 Å². The lowest BCUT2D eigenvalue weighted by Crippen LogP contribution is -2.44. The average Bonchev–Trinajstić information content (AvgIpc) is 3.18. The highest BCUT2D eigenvalue weighted by atomic mass is 32.2. The Morgan fingerprint density at radius 3 is 2.46 bits per heavy atom. The fourth-order valence-electron chi connectivity index (χ4n) is 3.88. The molecule has 26 heavy (non-hydrogen) atoms. The number of nitrogens with zero attached hydrogens (tertiary/aromatic N) is 2. The summed E-state index contributed by atoms with van der Waals surface area (Å²) in [4.78, 5) is 28.7.